The van der Waals surface area contributed by atoms with Crippen LogP contribution in [0.5, 0.6) is 0 Å². The highest BCUT2D eigenvalue weighted by Crippen LogP contribution is 2.13. The number of nitrogens with zero attached hydrogens (tertiary/aromatic N) is 2. The first-order valence-electron chi connectivity index (χ1n) is 9.98. The standard InChI is InChI=1S/C25H22N4O2/c30-24(26-17-21-9-4-5-10-22(21)18-29-16-6-15-27-29)20-11-13-23(14-12-20)28-25(31)19-7-2-1-3-8-19/h1-16H,17-18H2,(H,26,30)(H,28,31). The van der Waals surface area contributed by atoms with Crippen molar-refractivity contribution in [3.05, 3.63) is 120 Å². The van der Waals surface area contributed by atoms with Gasteiger partial charge in [-0.25, -0.2) is 0 Å². The van der Waals surface area contributed by atoms with Gasteiger partial charge in [0.15, 0.2) is 0 Å². The maximum absolute atomic E-state index is 12.6. The molecule has 2 amide bonds. The minimum atomic E-state index is -0.188. The third-order valence-corrected chi connectivity index (χ3v) is 4.89. The lowest BCUT2D eigenvalue weighted by Crippen LogP contribution is -2.23. The van der Waals surface area contributed by atoms with Gasteiger partial charge in [-0.15, -0.1) is 0 Å². The van der Waals surface area contributed by atoms with Gasteiger partial charge < -0.3 is 10.6 Å². The number of nitrogens with one attached hydrogen (secondary N) is 2. The molecule has 0 radical (unpaired) electrons. The molecule has 0 spiro atoms. The summed E-state index contributed by atoms with van der Waals surface area (Å²) in [5, 5.41) is 10.0. The number of rotatable bonds is 7. The third kappa shape index (κ3) is 5.25. The molecule has 31 heavy (non-hydrogen) atoms. The Labute approximate surface area is 180 Å². The molecule has 0 aliphatic rings. The van der Waals surface area contributed by atoms with Crippen LogP contribution in [-0.2, 0) is 13.1 Å². The van der Waals surface area contributed by atoms with E-state index in [1.165, 1.54) is 0 Å². The molecule has 0 saturated heterocycles. The van der Waals surface area contributed by atoms with E-state index in [0.717, 1.165) is 11.1 Å². The molecule has 1 heterocycles. The van der Waals surface area contributed by atoms with Crippen molar-refractivity contribution in [3.8, 4) is 0 Å². The van der Waals surface area contributed by atoms with Crippen molar-refractivity contribution in [1.29, 1.82) is 0 Å². The lowest BCUT2D eigenvalue weighted by Gasteiger charge is -2.11. The molecule has 0 saturated carbocycles. The zero-order valence-electron chi connectivity index (χ0n) is 16.9. The largest absolute Gasteiger partial charge is 0.348 e. The second-order valence-electron chi connectivity index (χ2n) is 7.05. The van der Waals surface area contributed by atoms with Gasteiger partial charge in [-0.1, -0.05) is 42.5 Å². The smallest absolute Gasteiger partial charge is 0.255 e. The zero-order valence-corrected chi connectivity index (χ0v) is 16.9. The summed E-state index contributed by atoms with van der Waals surface area (Å²) in [5.41, 5.74) is 3.89. The van der Waals surface area contributed by atoms with Gasteiger partial charge in [0.05, 0.1) is 6.54 Å². The van der Waals surface area contributed by atoms with E-state index in [-0.39, 0.29) is 11.8 Å². The summed E-state index contributed by atoms with van der Waals surface area (Å²) < 4.78 is 1.85. The number of carbonyl (C=O) groups excluding carboxylic acids is 2. The van der Waals surface area contributed by atoms with Gasteiger partial charge in [0.25, 0.3) is 11.8 Å². The summed E-state index contributed by atoms with van der Waals surface area (Å²) in [5.74, 6) is -0.360. The predicted octanol–water partition coefficient (Wildman–Crippen LogP) is 4.11. The first kappa shape index (κ1) is 20.1. The first-order chi connectivity index (χ1) is 15.2. The number of anilines is 1. The van der Waals surface area contributed by atoms with Crippen LogP contribution in [0.25, 0.3) is 0 Å². The summed E-state index contributed by atoms with van der Waals surface area (Å²) in [7, 11) is 0. The maximum atomic E-state index is 12.6. The molecule has 154 valence electrons. The number of benzene rings is 3. The van der Waals surface area contributed by atoms with Crippen molar-refractivity contribution in [1.82, 2.24) is 15.1 Å². The Morgan fingerprint density at radius 2 is 1.42 bits per heavy atom. The fourth-order valence-electron chi connectivity index (χ4n) is 3.23. The van der Waals surface area contributed by atoms with Crippen LogP contribution in [0.2, 0.25) is 0 Å². The van der Waals surface area contributed by atoms with E-state index in [1.807, 2.05) is 59.4 Å². The Morgan fingerprint density at radius 3 is 2.13 bits per heavy atom. The molecule has 0 aliphatic heterocycles. The van der Waals surface area contributed by atoms with Gasteiger partial charge in [-0.3, -0.25) is 14.3 Å². The van der Waals surface area contributed by atoms with Crippen molar-refractivity contribution in [3.63, 3.8) is 0 Å². The van der Waals surface area contributed by atoms with Crippen LogP contribution in [0, 0.1) is 0 Å². The number of carbonyl (C=O) groups is 2. The van der Waals surface area contributed by atoms with Crippen molar-refractivity contribution in [2.24, 2.45) is 0 Å². The number of amides is 2. The van der Waals surface area contributed by atoms with Gasteiger partial charge in [-0.05, 0) is 53.6 Å². The van der Waals surface area contributed by atoms with Crippen LogP contribution in [0.15, 0.2) is 97.3 Å². The summed E-state index contributed by atoms with van der Waals surface area (Å²) in [6, 6.07) is 25.7. The van der Waals surface area contributed by atoms with Crippen molar-refractivity contribution < 1.29 is 9.59 Å². The van der Waals surface area contributed by atoms with Gasteiger partial charge in [-0.2, -0.15) is 5.10 Å². The van der Waals surface area contributed by atoms with Gasteiger partial charge >= 0.3 is 0 Å². The monoisotopic (exact) mass is 410 g/mol. The van der Waals surface area contributed by atoms with Crippen LogP contribution in [-0.4, -0.2) is 21.6 Å². The Morgan fingerprint density at radius 1 is 0.742 bits per heavy atom. The summed E-state index contributed by atoms with van der Waals surface area (Å²) >= 11 is 0. The van der Waals surface area contributed by atoms with Crippen LogP contribution in [0.1, 0.15) is 31.8 Å². The lowest BCUT2D eigenvalue weighted by atomic mass is 10.1. The maximum Gasteiger partial charge on any atom is 0.255 e. The minimum Gasteiger partial charge on any atom is -0.348 e. The Balaban J connectivity index is 1.36. The molecular formula is C25H22N4O2. The van der Waals surface area contributed by atoms with Crippen molar-refractivity contribution >= 4 is 17.5 Å². The normalized spacial score (nSPS) is 10.5. The average molecular weight is 410 g/mol. The highest BCUT2D eigenvalue weighted by molar-refractivity contribution is 6.04. The second kappa shape index (κ2) is 9.54. The molecule has 0 aliphatic carbocycles. The highest BCUT2D eigenvalue weighted by Gasteiger charge is 2.09. The quantitative estimate of drug-likeness (QED) is 0.481. The van der Waals surface area contributed by atoms with E-state index in [4.69, 9.17) is 0 Å². The summed E-state index contributed by atoms with van der Waals surface area (Å²) in [6.07, 6.45) is 3.66. The summed E-state index contributed by atoms with van der Waals surface area (Å²) in [6.45, 7) is 1.07. The Kier molecular flexibility index (Phi) is 6.18. The van der Waals surface area contributed by atoms with Crippen LogP contribution in [0.4, 0.5) is 5.69 Å². The van der Waals surface area contributed by atoms with E-state index in [2.05, 4.69) is 15.7 Å². The number of aromatic nitrogens is 2. The molecular weight excluding hydrogens is 388 g/mol. The van der Waals surface area contributed by atoms with Crippen molar-refractivity contribution in [2.45, 2.75) is 13.1 Å². The SMILES string of the molecule is O=C(NCc1ccccc1Cn1cccn1)c1ccc(NC(=O)c2ccccc2)cc1. The molecule has 0 bridgehead atoms. The third-order valence-electron chi connectivity index (χ3n) is 4.89. The van der Waals surface area contributed by atoms with E-state index >= 15 is 0 Å². The second-order valence-corrected chi connectivity index (χ2v) is 7.05. The Bertz CT molecular complexity index is 1150. The summed E-state index contributed by atoms with van der Waals surface area (Å²) in [4.78, 5) is 24.8. The molecule has 3 aromatic carbocycles. The van der Waals surface area contributed by atoms with Crippen molar-refractivity contribution in [2.75, 3.05) is 5.32 Å². The molecule has 0 fully saturated rings. The first-order valence-corrected chi connectivity index (χ1v) is 9.98. The van der Waals surface area contributed by atoms with Crippen LogP contribution < -0.4 is 10.6 Å². The highest BCUT2D eigenvalue weighted by atomic mass is 16.2. The van der Waals surface area contributed by atoms with E-state index in [0.29, 0.717) is 29.9 Å². The fourth-order valence-corrected chi connectivity index (χ4v) is 3.23. The molecule has 2 N–H and O–H groups in total. The molecule has 4 rings (SSSR count). The topological polar surface area (TPSA) is 76.0 Å². The van der Waals surface area contributed by atoms with E-state index in [1.54, 1.807) is 42.6 Å². The predicted molar refractivity (Wildman–Crippen MR) is 120 cm³/mol. The van der Waals surface area contributed by atoms with Gasteiger partial charge in [0, 0.05) is 35.8 Å². The molecule has 6 heteroatoms. The lowest BCUT2D eigenvalue weighted by molar-refractivity contribution is 0.0950. The van der Waals surface area contributed by atoms with Crippen LogP contribution >= 0.6 is 0 Å². The minimum absolute atomic E-state index is 0.171. The Hall–Kier alpha value is -4.19. The molecule has 0 atom stereocenters. The molecule has 4 aromatic rings. The number of hydrogen-bond donors (Lipinski definition) is 2. The van der Waals surface area contributed by atoms with E-state index < -0.39 is 0 Å². The van der Waals surface area contributed by atoms with Gasteiger partial charge in [0.1, 0.15) is 0 Å². The molecule has 0 unspecified atom stereocenters. The molecule has 6 nitrogen and oxygen atoms in total. The average Bonchev–Trinajstić information content (AvgIpc) is 3.32. The zero-order chi connectivity index (χ0) is 21.5. The van der Waals surface area contributed by atoms with Gasteiger partial charge in [0.2, 0.25) is 0 Å². The van der Waals surface area contributed by atoms with Crippen LogP contribution in [0.3, 0.4) is 0 Å². The molecule has 1 aromatic heterocycles. The number of hydrogen-bond acceptors (Lipinski definition) is 3. The fraction of sp³-hybridized carbons (Fsp3) is 0.0800. The van der Waals surface area contributed by atoms with E-state index in [9.17, 15) is 9.59 Å².